The standard InChI is InChI=1S/C14H14N4/c1-3-11-8-14(10(2)9-15-11)18-13-7-5-4-6-12(13)16-17-18/h4-9H,3H2,1-2H3. The molecule has 0 unspecified atom stereocenters. The summed E-state index contributed by atoms with van der Waals surface area (Å²) in [5.74, 6) is 0. The molecule has 90 valence electrons. The van der Waals surface area contributed by atoms with Crippen molar-refractivity contribution in [2.75, 3.05) is 0 Å². The molecule has 0 N–H and O–H groups in total. The van der Waals surface area contributed by atoms with Crippen molar-refractivity contribution in [2.45, 2.75) is 20.3 Å². The molecule has 4 heteroatoms. The molecule has 0 aliphatic heterocycles. The second-order valence-electron chi connectivity index (χ2n) is 4.31. The predicted octanol–water partition coefficient (Wildman–Crippen LogP) is 2.69. The molecule has 2 aromatic heterocycles. The Morgan fingerprint density at radius 1 is 1.22 bits per heavy atom. The number of hydrogen-bond donors (Lipinski definition) is 0. The van der Waals surface area contributed by atoms with Crippen LogP contribution >= 0.6 is 0 Å². The quantitative estimate of drug-likeness (QED) is 0.689. The maximum Gasteiger partial charge on any atom is 0.113 e. The van der Waals surface area contributed by atoms with Gasteiger partial charge in [0, 0.05) is 11.9 Å². The largest absolute Gasteiger partial charge is 0.261 e. The first-order chi connectivity index (χ1) is 8.79. The van der Waals surface area contributed by atoms with Crippen LogP contribution < -0.4 is 0 Å². The zero-order valence-corrected chi connectivity index (χ0v) is 10.5. The van der Waals surface area contributed by atoms with Gasteiger partial charge in [0.2, 0.25) is 0 Å². The van der Waals surface area contributed by atoms with Crippen LogP contribution in [0.4, 0.5) is 0 Å². The summed E-state index contributed by atoms with van der Waals surface area (Å²) < 4.78 is 1.88. The highest BCUT2D eigenvalue weighted by atomic mass is 15.4. The Hall–Kier alpha value is -2.23. The molecule has 0 spiro atoms. The maximum absolute atomic E-state index is 4.39. The normalized spacial score (nSPS) is 11.0. The molecule has 0 radical (unpaired) electrons. The van der Waals surface area contributed by atoms with Gasteiger partial charge in [0.1, 0.15) is 5.52 Å². The van der Waals surface area contributed by atoms with Gasteiger partial charge >= 0.3 is 0 Å². The first-order valence-corrected chi connectivity index (χ1v) is 6.06. The Labute approximate surface area is 105 Å². The van der Waals surface area contributed by atoms with E-state index in [9.17, 15) is 0 Å². The van der Waals surface area contributed by atoms with Crippen molar-refractivity contribution in [3.8, 4) is 5.69 Å². The summed E-state index contributed by atoms with van der Waals surface area (Å²) in [5.41, 5.74) is 5.15. The van der Waals surface area contributed by atoms with E-state index in [1.807, 2.05) is 42.1 Å². The summed E-state index contributed by atoms with van der Waals surface area (Å²) in [6.07, 6.45) is 2.81. The Morgan fingerprint density at radius 3 is 2.89 bits per heavy atom. The van der Waals surface area contributed by atoms with Crippen LogP contribution in [0, 0.1) is 6.92 Å². The van der Waals surface area contributed by atoms with E-state index < -0.39 is 0 Å². The number of pyridine rings is 1. The topological polar surface area (TPSA) is 43.6 Å². The summed E-state index contributed by atoms with van der Waals surface area (Å²) in [6, 6.07) is 10.0. The lowest BCUT2D eigenvalue weighted by molar-refractivity contribution is 0.812. The molecule has 4 nitrogen and oxygen atoms in total. The van der Waals surface area contributed by atoms with Gasteiger partial charge in [-0.3, -0.25) is 4.98 Å². The van der Waals surface area contributed by atoms with E-state index in [-0.39, 0.29) is 0 Å². The minimum Gasteiger partial charge on any atom is -0.261 e. The second kappa shape index (κ2) is 4.22. The van der Waals surface area contributed by atoms with Gasteiger partial charge in [0.25, 0.3) is 0 Å². The fourth-order valence-corrected chi connectivity index (χ4v) is 2.02. The monoisotopic (exact) mass is 238 g/mol. The highest BCUT2D eigenvalue weighted by Gasteiger charge is 2.09. The highest BCUT2D eigenvalue weighted by Crippen LogP contribution is 2.19. The third-order valence-corrected chi connectivity index (χ3v) is 3.07. The molecule has 0 saturated heterocycles. The molecular weight excluding hydrogens is 224 g/mol. The average Bonchev–Trinajstić information content (AvgIpc) is 2.83. The predicted molar refractivity (Wildman–Crippen MR) is 70.8 cm³/mol. The van der Waals surface area contributed by atoms with Crippen molar-refractivity contribution in [3.05, 3.63) is 47.8 Å². The molecule has 18 heavy (non-hydrogen) atoms. The van der Waals surface area contributed by atoms with Gasteiger partial charge in [-0.1, -0.05) is 24.3 Å². The minimum atomic E-state index is 0.909. The molecule has 0 aliphatic carbocycles. The lowest BCUT2D eigenvalue weighted by atomic mass is 10.2. The van der Waals surface area contributed by atoms with Crippen molar-refractivity contribution in [2.24, 2.45) is 0 Å². The molecule has 0 saturated carbocycles. The summed E-state index contributed by atoms with van der Waals surface area (Å²) in [6.45, 7) is 4.14. The van der Waals surface area contributed by atoms with E-state index >= 15 is 0 Å². The lowest BCUT2D eigenvalue weighted by Gasteiger charge is -2.07. The van der Waals surface area contributed by atoms with Crippen molar-refractivity contribution in [3.63, 3.8) is 0 Å². The first-order valence-electron chi connectivity index (χ1n) is 6.06. The molecule has 0 aliphatic rings. The Balaban J connectivity index is 2.25. The van der Waals surface area contributed by atoms with Gasteiger partial charge in [-0.15, -0.1) is 5.10 Å². The number of hydrogen-bond acceptors (Lipinski definition) is 3. The van der Waals surface area contributed by atoms with Gasteiger partial charge < -0.3 is 0 Å². The van der Waals surface area contributed by atoms with Crippen LogP contribution in [-0.4, -0.2) is 20.0 Å². The van der Waals surface area contributed by atoms with Crippen LogP contribution in [0.15, 0.2) is 36.5 Å². The van der Waals surface area contributed by atoms with Crippen molar-refractivity contribution in [1.29, 1.82) is 0 Å². The van der Waals surface area contributed by atoms with E-state index in [2.05, 4.69) is 28.3 Å². The van der Waals surface area contributed by atoms with E-state index in [4.69, 9.17) is 0 Å². The zero-order valence-electron chi connectivity index (χ0n) is 10.5. The van der Waals surface area contributed by atoms with Crippen LogP contribution in [0.2, 0.25) is 0 Å². The molecule has 3 rings (SSSR count). The van der Waals surface area contributed by atoms with E-state index in [1.165, 1.54) is 0 Å². The van der Waals surface area contributed by atoms with Crippen LogP contribution in [-0.2, 0) is 6.42 Å². The smallest absolute Gasteiger partial charge is 0.113 e. The van der Waals surface area contributed by atoms with Gasteiger partial charge in [-0.2, -0.15) is 0 Å². The maximum atomic E-state index is 4.39. The number of para-hydroxylation sites is 1. The Morgan fingerprint density at radius 2 is 2.06 bits per heavy atom. The molecule has 0 bridgehead atoms. The summed E-state index contributed by atoms with van der Waals surface area (Å²) in [7, 11) is 0. The Kier molecular flexibility index (Phi) is 2.55. The average molecular weight is 238 g/mol. The number of fused-ring (bicyclic) bond motifs is 1. The summed E-state index contributed by atoms with van der Waals surface area (Å²) in [5, 5.41) is 8.42. The second-order valence-corrected chi connectivity index (χ2v) is 4.31. The molecule has 2 heterocycles. The van der Waals surface area contributed by atoms with Crippen molar-refractivity contribution in [1.82, 2.24) is 20.0 Å². The van der Waals surface area contributed by atoms with Crippen LogP contribution in [0.25, 0.3) is 16.7 Å². The molecule has 0 fully saturated rings. The number of aryl methyl sites for hydroxylation is 2. The first kappa shape index (κ1) is 10.9. The highest BCUT2D eigenvalue weighted by molar-refractivity contribution is 5.76. The molecule has 0 amide bonds. The van der Waals surface area contributed by atoms with Crippen LogP contribution in [0.5, 0.6) is 0 Å². The van der Waals surface area contributed by atoms with Gasteiger partial charge in [0.05, 0.1) is 11.2 Å². The van der Waals surface area contributed by atoms with Gasteiger partial charge in [-0.25, -0.2) is 4.68 Å². The SMILES string of the molecule is CCc1cc(-n2nnc3ccccc32)c(C)cn1. The fourth-order valence-electron chi connectivity index (χ4n) is 2.02. The zero-order chi connectivity index (χ0) is 12.5. The summed E-state index contributed by atoms with van der Waals surface area (Å²) in [4.78, 5) is 4.39. The van der Waals surface area contributed by atoms with Gasteiger partial charge in [-0.05, 0) is 37.1 Å². The molecule has 3 aromatic rings. The van der Waals surface area contributed by atoms with Gasteiger partial charge in [0.15, 0.2) is 0 Å². The van der Waals surface area contributed by atoms with E-state index in [0.29, 0.717) is 0 Å². The number of nitrogens with zero attached hydrogens (tertiary/aromatic N) is 4. The number of rotatable bonds is 2. The van der Waals surface area contributed by atoms with Crippen LogP contribution in [0.3, 0.4) is 0 Å². The number of benzene rings is 1. The third-order valence-electron chi connectivity index (χ3n) is 3.07. The van der Waals surface area contributed by atoms with Crippen molar-refractivity contribution >= 4 is 11.0 Å². The molecule has 0 atom stereocenters. The Bertz CT molecular complexity index is 700. The van der Waals surface area contributed by atoms with E-state index in [1.54, 1.807) is 0 Å². The molecule has 1 aromatic carbocycles. The fraction of sp³-hybridized carbons (Fsp3) is 0.214. The summed E-state index contributed by atoms with van der Waals surface area (Å²) >= 11 is 0. The van der Waals surface area contributed by atoms with E-state index in [0.717, 1.165) is 34.4 Å². The third kappa shape index (κ3) is 1.66. The molecular formula is C14H14N4. The van der Waals surface area contributed by atoms with Crippen molar-refractivity contribution < 1.29 is 0 Å². The minimum absolute atomic E-state index is 0.909. The van der Waals surface area contributed by atoms with Crippen LogP contribution in [0.1, 0.15) is 18.2 Å². The lowest BCUT2D eigenvalue weighted by Crippen LogP contribution is -2.02. The number of aromatic nitrogens is 4.